The van der Waals surface area contributed by atoms with Crippen LogP contribution in [0.25, 0.3) is 0 Å². The van der Waals surface area contributed by atoms with E-state index >= 15 is 0 Å². The molecule has 1 aliphatic heterocycles. The monoisotopic (exact) mass is 449 g/mol. The molecule has 0 radical (unpaired) electrons. The molecule has 0 aromatic heterocycles. The smallest absolute Gasteiger partial charge is 0.248 e. The molecule has 3 aromatic carbocycles. The minimum atomic E-state index is -0.573. The summed E-state index contributed by atoms with van der Waals surface area (Å²) in [5, 5.41) is 9.72. The molecule has 1 fully saturated rings. The predicted molar refractivity (Wildman–Crippen MR) is 117 cm³/mol. The van der Waals surface area contributed by atoms with Crippen LogP contribution in [0.5, 0.6) is 11.5 Å². The van der Waals surface area contributed by atoms with Gasteiger partial charge in [0.2, 0.25) is 11.8 Å². The Morgan fingerprint density at radius 2 is 1.97 bits per heavy atom. The minimum Gasteiger partial charge on any atom is -0.456 e. The molecule has 0 aliphatic carbocycles. The zero-order chi connectivity index (χ0) is 22.8. The van der Waals surface area contributed by atoms with Crippen molar-refractivity contribution in [1.82, 2.24) is 0 Å². The molecule has 0 unspecified atom stereocenters. The summed E-state index contributed by atoms with van der Waals surface area (Å²) in [6.45, 7) is 0.355. The zero-order valence-corrected chi connectivity index (χ0v) is 17.5. The third-order valence-corrected chi connectivity index (χ3v) is 5.50. The fourth-order valence-electron chi connectivity index (χ4n) is 3.72. The molecular formula is C24H17ClFN3O3. The van der Waals surface area contributed by atoms with Gasteiger partial charge in [-0.3, -0.25) is 9.59 Å². The predicted octanol–water partition coefficient (Wildman–Crippen LogP) is 4.76. The number of nitriles is 1. The number of ether oxygens (including phenoxy) is 1. The van der Waals surface area contributed by atoms with E-state index in [1.807, 2.05) is 6.07 Å². The van der Waals surface area contributed by atoms with Crippen LogP contribution in [0.15, 0.2) is 60.7 Å². The fraction of sp³-hybridized carbons (Fsp3) is 0.125. The van der Waals surface area contributed by atoms with E-state index in [1.165, 1.54) is 12.1 Å². The average Bonchev–Trinajstić information content (AvgIpc) is 3.16. The lowest BCUT2D eigenvalue weighted by molar-refractivity contribution is -0.117. The molecule has 6 nitrogen and oxygen atoms in total. The lowest BCUT2D eigenvalue weighted by Crippen LogP contribution is -2.24. The minimum absolute atomic E-state index is 0.0447. The molecule has 2 amide bonds. The molecule has 2 N–H and O–H groups in total. The normalized spacial score (nSPS) is 15.5. The maximum Gasteiger partial charge on any atom is 0.248 e. The van der Waals surface area contributed by atoms with Gasteiger partial charge in [-0.05, 0) is 48.5 Å². The third kappa shape index (κ3) is 4.27. The van der Waals surface area contributed by atoms with Crippen LogP contribution in [-0.2, 0) is 4.79 Å². The van der Waals surface area contributed by atoms with E-state index in [0.717, 1.165) is 11.6 Å². The standard InChI is InChI=1S/C24H17ClFN3O3/c25-17-4-6-20(22(11-17)32-21-7-5-18(26)8-15(21)12-27)16-10-23(30)29(13-16)19-3-1-2-14(9-19)24(28)31/h1-9,11,16H,10,13H2,(H2,28,31)/t16-/m0/s1. The van der Waals surface area contributed by atoms with Gasteiger partial charge in [0.25, 0.3) is 0 Å². The van der Waals surface area contributed by atoms with Crippen molar-refractivity contribution in [3.8, 4) is 17.6 Å². The summed E-state index contributed by atoms with van der Waals surface area (Å²) in [7, 11) is 0. The molecule has 8 heteroatoms. The van der Waals surface area contributed by atoms with Gasteiger partial charge in [0.1, 0.15) is 23.4 Å². The summed E-state index contributed by atoms with van der Waals surface area (Å²) >= 11 is 6.16. The first kappa shape index (κ1) is 21.3. The molecule has 160 valence electrons. The maximum absolute atomic E-state index is 13.5. The van der Waals surface area contributed by atoms with Crippen LogP contribution in [0.1, 0.15) is 33.8 Å². The number of benzene rings is 3. The Labute approximate surface area is 188 Å². The summed E-state index contributed by atoms with van der Waals surface area (Å²) in [4.78, 5) is 25.9. The summed E-state index contributed by atoms with van der Waals surface area (Å²) in [5.41, 5.74) is 7.02. The van der Waals surface area contributed by atoms with Crippen LogP contribution in [0.4, 0.5) is 10.1 Å². The Morgan fingerprint density at radius 3 is 2.72 bits per heavy atom. The van der Waals surface area contributed by atoms with Gasteiger partial charge < -0.3 is 15.4 Å². The largest absolute Gasteiger partial charge is 0.456 e. The van der Waals surface area contributed by atoms with E-state index < -0.39 is 11.7 Å². The first-order valence-electron chi connectivity index (χ1n) is 9.73. The van der Waals surface area contributed by atoms with Crippen molar-refractivity contribution >= 4 is 29.1 Å². The molecule has 1 saturated heterocycles. The Balaban J connectivity index is 1.65. The molecule has 1 aliphatic rings. The first-order valence-corrected chi connectivity index (χ1v) is 10.1. The lowest BCUT2D eigenvalue weighted by Gasteiger charge is -2.19. The van der Waals surface area contributed by atoms with Crippen LogP contribution in [0.2, 0.25) is 5.02 Å². The number of nitrogens with two attached hydrogens (primary N) is 1. The fourth-order valence-corrected chi connectivity index (χ4v) is 3.89. The van der Waals surface area contributed by atoms with E-state index in [9.17, 15) is 19.2 Å². The number of carbonyl (C=O) groups excluding carboxylic acids is 2. The molecule has 1 heterocycles. The molecule has 32 heavy (non-hydrogen) atoms. The van der Waals surface area contributed by atoms with E-state index in [0.29, 0.717) is 28.6 Å². The quantitative estimate of drug-likeness (QED) is 0.607. The van der Waals surface area contributed by atoms with E-state index in [2.05, 4.69) is 0 Å². The second-order valence-electron chi connectivity index (χ2n) is 7.36. The van der Waals surface area contributed by atoms with Gasteiger partial charge in [0, 0.05) is 40.7 Å². The molecule has 1 atom stereocenters. The van der Waals surface area contributed by atoms with Gasteiger partial charge in [0.15, 0.2) is 0 Å². The molecule has 0 bridgehead atoms. The molecule has 3 aromatic rings. The second kappa shape index (κ2) is 8.69. The average molecular weight is 450 g/mol. The summed E-state index contributed by atoms with van der Waals surface area (Å²) in [6.07, 6.45) is 0.216. The van der Waals surface area contributed by atoms with Gasteiger partial charge in [-0.2, -0.15) is 5.26 Å². The Hall–Kier alpha value is -3.89. The van der Waals surface area contributed by atoms with E-state index in [1.54, 1.807) is 47.4 Å². The number of primary amides is 1. The van der Waals surface area contributed by atoms with Crippen molar-refractivity contribution in [2.45, 2.75) is 12.3 Å². The van der Waals surface area contributed by atoms with Gasteiger partial charge in [-0.15, -0.1) is 0 Å². The second-order valence-corrected chi connectivity index (χ2v) is 7.79. The summed E-state index contributed by atoms with van der Waals surface area (Å²) < 4.78 is 19.4. The Kier molecular flexibility index (Phi) is 5.80. The van der Waals surface area contributed by atoms with Crippen molar-refractivity contribution in [3.05, 3.63) is 88.2 Å². The van der Waals surface area contributed by atoms with Crippen molar-refractivity contribution in [2.75, 3.05) is 11.4 Å². The Bertz CT molecular complexity index is 1270. The summed E-state index contributed by atoms with van der Waals surface area (Å²) in [6, 6.07) is 17.2. The van der Waals surface area contributed by atoms with Crippen molar-refractivity contribution < 1.29 is 18.7 Å². The van der Waals surface area contributed by atoms with Gasteiger partial charge in [-0.1, -0.05) is 23.7 Å². The molecule has 0 spiro atoms. The SMILES string of the molecule is N#Cc1cc(F)ccc1Oc1cc(Cl)ccc1[C@H]1CC(=O)N(c2cccc(C(N)=O)c2)C1. The lowest BCUT2D eigenvalue weighted by atomic mass is 9.97. The van der Waals surface area contributed by atoms with Crippen LogP contribution < -0.4 is 15.4 Å². The number of nitrogens with zero attached hydrogens (tertiary/aromatic N) is 2. The third-order valence-electron chi connectivity index (χ3n) is 5.26. The first-order chi connectivity index (χ1) is 15.4. The highest BCUT2D eigenvalue weighted by Crippen LogP contribution is 2.40. The zero-order valence-electron chi connectivity index (χ0n) is 16.7. The highest BCUT2D eigenvalue weighted by atomic mass is 35.5. The van der Waals surface area contributed by atoms with Crippen LogP contribution in [0, 0.1) is 17.1 Å². The molecular weight excluding hydrogens is 433 g/mol. The summed E-state index contributed by atoms with van der Waals surface area (Å²) in [5.74, 6) is -0.889. The number of hydrogen-bond acceptors (Lipinski definition) is 4. The van der Waals surface area contributed by atoms with Crippen molar-refractivity contribution in [3.63, 3.8) is 0 Å². The number of rotatable bonds is 5. The number of halogens is 2. The van der Waals surface area contributed by atoms with Crippen molar-refractivity contribution in [1.29, 1.82) is 5.26 Å². The van der Waals surface area contributed by atoms with Gasteiger partial charge in [0.05, 0.1) is 5.56 Å². The molecule has 4 rings (SSSR count). The van der Waals surface area contributed by atoms with Crippen LogP contribution in [0.3, 0.4) is 0 Å². The van der Waals surface area contributed by atoms with Crippen LogP contribution in [-0.4, -0.2) is 18.4 Å². The number of hydrogen-bond donors (Lipinski definition) is 1. The van der Waals surface area contributed by atoms with Crippen LogP contribution >= 0.6 is 11.6 Å². The van der Waals surface area contributed by atoms with E-state index in [4.69, 9.17) is 22.1 Å². The van der Waals surface area contributed by atoms with Gasteiger partial charge in [-0.25, -0.2) is 4.39 Å². The van der Waals surface area contributed by atoms with Crippen molar-refractivity contribution in [2.24, 2.45) is 5.73 Å². The molecule has 0 saturated carbocycles. The Morgan fingerprint density at radius 1 is 1.16 bits per heavy atom. The number of anilines is 1. The maximum atomic E-state index is 13.5. The highest BCUT2D eigenvalue weighted by Gasteiger charge is 2.33. The topological polar surface area (TPSA) is 96.4 Å². The van der Waals surface area contributed by atoms with Gasteiger partial charge >= 0.3 is 0 Å². The van der Waals surface area contributed by atoms with E-state index in [-0.39, 0.29) is 29.6 Å². The number of amides is 2. The number of carbonyl (C=O) groups is 2. The highest BCUT2D eigenvalue weighted by molar-refractivity contribution is 6.30.